The van der Waals surface area contributed by atoms with Crippen molar-refractivity contribution < 1.29 is 28.0 Å². The van der Waals surface area contributed by atoms with Crippen molar-refractivity contribution in [3.05, 3.63) is 107 Å². The van der Waals surface area contributed by atoms with Crippen molar-refractivity contribution in [1.82, 2.24) is 9.80 Å². The lowest BCUT2D eigenvalue weighted by Gasteiger charge is -2.40. The summed E-state index contributed by atoms with van der Waals surface area (Å²) in [4.78, 5) is 61.1. The van der Waals surface area contributed by atoms with Crippen molar-refractivity contribution in [1.29, 1.82) is 0 Å². The summed E-state index contributed by atoms with van der Waals surface area (Å²) in [7, 11) is 0. The van der Waals surface area contributed by atoms with Gasteiger partial charge in [-0.05, 0) is 80.4 Å². The van der Waals surface area contributed by atoms with Gasteiger partial charge in [-0.3, -0.25) is 19.2 Å². The largest absolute Gasteiger partial charge is 0.373 e. The van der Waals surface area contributed by atoms with Crippen LogP contribution in [0.5, 0.6) is 0 Å². The number of carbonyl (C=O) groups excluding carboxylic acids is 4. The second-order valence-corrected chi connectivity index (χ2v) is 15.8. The van der Waals surface area contributed by atoms with E-state index in [-0.39, 0.29) is 60.7 Å². The van der Waals surface area contributed by atoms with Crippen LogP contribution in [0.25, 0.3) is 0 Å². The molecule has 4 heterocycles. The Morgan fingerprint density at radius 1 is 0.707 bits per heavy atom. The zero-order valence-electron chi connectivity index (χ0n) is 32.9. The third kappa shape index (κ3) is 7.87. The molecule has 4 aromatic carbocycles. The van der Waals surface area contributed by atoms with Crippen LogP contribution in [0.4, 0.5) is 42.9 Å². The fourth-order valence-electron chi connectivity index (χ4n) is 8.58. The van der Waals surface area contributed by atoms with Gasteiger partial charge in [-0.15, -0.1) is 0 Å². The molecule has 58 heavy (non-hydrogen) atoms. The zero-order chi connectivity index (χ0) is 40.7. The number of halogens is 2. The predicted molar refractivity (Wildman–Crippen MR) is 221 cm³/mol. The van der Waals surface area contributed by atoms with Crippen molar-refractivity contribution in [3.8, 4) is 0 Å². The van der Waals surface area contributed by atoms with Gasteiger partial charge in [0.15, 0.2) is 0 Å². The molecule has 0 spiro atoms. The molecule has 4 amide bonds. The third-order valence-electron chi connectivity index (χ3n) is 11.8. The van der Waals surface area contributed by atoms with Gasteiger partial charge in [-0.1, -0.05) is 24.3 Å². The molecule has 0 aliphatic carbocycles. The minimum Gasteiger partial charge on any atom is -0.373 e. The van der Waals surface area contributed by atoms with Crippen molar-refractivity contribution in [2.45, 2.75) is 58.2 Å². The number of benzene rings is 4. The third-order valence-corrected chi connectivity index (χ3v) is 11.8. The Balaban J connectivity index is 0.824. The topological polar surface area (TPSA) is 129 Å². The van der Waals surface area contributed by atoms with E-state index in [1.54, 1.807) is 18.2 Å². The van der Waals surface area contributed by atoms with Crippen LogP contribution < -0.4 is 31.1 Å². The molecule has 0 aromatic heterocycles. The highest BCUT2D eigenvalue weighted by Gasteiger charge is 2.33. The van der Waals surface area contributed by atoms with Gasteiger partial charge >= 0.3 is 0 Å². The fraction of sp³-hybridized carbons (Fsp3) is 0.364. The Labute approximate surface area is 336 Å². The summed E-state index contributed by atoms with van der Waals surface area (Å²) in [6, 6.07) is 19.8. The van der Waals surface area contributed by atoms with E-state index < -0.39 is 12.1 Å². The number of aryl methyl sites for hydroxylation is 2. The van der Waals surface area contributed by atoms with E-state index in [1.165, 1.54) is 12.1 Å². The number of fused-ring (bicyclic) bond motifs is 2. The summed E-state index contributed by atoms with van der Waals surface area (Å²) in [6.45, 7) is 8.97. The smallest absolute Gasteiger partial charge is 0.247 e. The maximum Gasteiger partial charge on any atom is 0.247 e. The van der Waals surface area contributed by atoms with Gasteiger partial charge in [-0.25, -0.2) is 8.78 Å². The summed E-state index contributed by atoms with van der Waals surface area (Å²) in [5.41, 5.74) is 7.08. The monoisotopic (exact) mass is 790 g/mol. The van der Waals surface area contributed by atoms with Gasteiger partial charge in [0.05, 0.1) is 6.54 Å². The number of hydrogen-bond donors (Lipinski definition) is 4. The van der Waals surface area contributed by atoms with Gasteiger partial charge in [0.1, 0.15) is 23.7 Å². The highest BCUT2D eigenvalue weighted by atomic mass is 19.1. The lowest BCUT2D eigenvalue weighted by atomic mass is 10.1. The molecular weight excluding hydrogens is 743 g/mol. The van der Waals surface area contributed by atoms with Gasteiger partial charge in [0.25, 0.3) is 0 Å². The van der Waals surface area contributed by atoms with Gasteiger partial charge < -0.3 is 40.9 Å². The maximum absolute atomic E-state index is 14.4. The average Bonchev–Trinajstić information content (AvgIpc) is 3.84. The van der Waals surface area contributed by atoms with Crippen LogP contribution in [-0.2, 0) is 32.0 Å². The van der Waals surface area contributed by atoms with Gasteiger partial charge in [0, 0.05) is 110 Å². The molecule has 3 unspecified atom stereocenters. The Morgan fingerprint density at radius 3 is 1.78 bits per heavy atom. The first-order valence-electron chi connectivity index (χ1n) is 19.9. The SMILES string of the molecule is Cc1ccc(F)c2c1NC(C(=O)Nc1cccc(N3CCC(=O)N(CC(C)N4CCN(c5cccc(NC(=O)C6Cc7c(F)ccc(C)c7N6)c5)CC4=O)CC3)c1)C2. The Kier molecular flexibility index (Phi) is 10.7. The zero-order valence-corrected chi connectivity index (χ0v) is 32.9. The van der Waals surface area contributed by atoms with E-state index >= 15 is 0 Å². The lowest BCUT2D eigenvalue weighted by Crippen LogP contribution is -2.56. The molecule has 0 radical (unpaired) electrons. The normalized spacial score (nSPS) is 19.5. The van der Waals surface area contributed by atoms with Crippen LogP contribution in [-0.4, -0.2) is 97.4 Å². The molecule has 2 saturated heterocycles. The number of nitrogens with one attached hydrogen (secondary N) is 4. The lowest BCUT2D eigenvalue weighted by molar-refractivity contribution is -0.137. The van der Waals surface area contributed by atoms with E-state index in [1.807, 2.05) is 77.9 Å². The van der Waals surface area contributed by atoms with Crippen molar-refractivity contribution >= 4 is 57.8 Å². The molecule has 14 heteroatoms. The number of hydrogen-bond acceptors (Lipinski definition) is 8. The van der Waals surface area contributed by atoms with Crippen LogP contribution in [0.15, 0.2) is 72.8 Å². The molecule has 4 N–H and O–H groups in total. The molecular formula is C44H48F2N8O4. The first kappa shape index (κ1) is 38.7. The summed E-state index contributed by atoms with van der Waals surface area (Å²) in [5, 5.41) is 12.3. The summed E-state index contributed by atoms with van der Waals surface area (Å²) < 4.78 is 28.8. The van der Waals surface area contributed by atoms with E-state index in [4.69, 9.17) is 0 Å². The van der Waals surface area contributed by atoms with E-state index in [0.717, 1.165) is 22.5 Å². The van der Waals surface area contributed by atoms with Gasteiger partial charge in [0.2, 0.25) is 23.6 Å². The molecule has 4 aliphatic heterocycles. The van der Waals surface area contributed by atoms with Crippen molar-refractivity contribution in [2.24, 2.45) is 0 Å². The predicted octanol–water partition coefficient (Wildman–Crippen LogP) is 5.31. The first-order valence-corrected chi connectivity index (χ1v) is 19.9. The summed E-state index contributed by atoms with van der Waals surface area (Å²) in [6.07, 6.45) is 0.847. The number of carbonyl (C=O) groups is 4. The number of rotatable bonds is 9. The molecule has 0 saturated carbocycles. The summed E-state index contributed by atoms with van der Waals surface area (Å²) >= 11 is 0. The minimum absolute atomic E-state index is 0.0232. The van der Waals surface area contributed by atoms with Gasteiger partial charge in [-0.2, -0.15) is 0 Å². The second-order valence-electron chi connectivity index (χ2n) is 15.8. The highest BCUT2D eigenvalue weighted by Crippen LogP contribution is 2.34. The molecule has 3 atom stereocenters. The number of piperazine rings is 1. The van der Waals surface area contributed by atoms with E-state index in [9.17, 15) is 28.0 Å². The molecule has 2 fully saturated rings. The number of nitrogens with zero attached hydrogens (tertiary/aromatic N) is 4. The fourth-order valence-corrected chi connectivity index (χ4v) is 8.58. The van der Waals surface area contributed by atoms with Crippen LogP contribution in [0.3, 0.4) is 0 Å². The van der Waals surface area contributed by atoms with Crippen LogP contribution in [0, 0.1) is 25.5 Å². The van der Waals surface area contributed by atoms with Crippen molar-refractivity contribution in [3.63, 3.8) is 0 Å². The first-order chi connectivity index (χ1) is 27.9. The summed E-state index contributed by atoms with van der Waals surface area (Å²) in [5.74, 6) is -1.17. The molecule has 302 valence electrons. The van der Waals surface area contributed by atoms with E-state index in [2.05, 4.69) is 26.2 Å². The van der Waals surface area contributed by atoms with Crippen LogP contribution >= 0.6 is 0 Å². The Bertz CT molecular complexity index is 2220. The molecule has 0 bridgehead atoms. The molecule has 4 aromatic rings. The minimum atomic E-state index is -0.594. The molecule has 12 nitrogen and oxygen atoms in total. The average molecular weight is 791 g/mol. The van der Waals surface area contributed by atoms with Crippen LogP contribution in [0.1, 0.15) is 35.6 Å². The van der Waals surface area contributed by atoms with Crippen LogP contribution in [0.2, 0.25) is 0 Å². The molecule has 8 rings (SSSR count). The van der Waals surface area contributed by atoms with E-state index in [0.29, 0.717) is 79.6 Å². The number of amides is 4. The second kappa shape index (κ2) is 16.0. The molecule has 4 aliphatic rings. The Morgan fingerprint density at radius 2 is 1.24 bits per heavy atom. The maximum atomic E-state index is 14.4. The highest BCUT2D eigenvalue weighted by molar-refractivity contribution is 5.99. The quantitative estimate of drug-likeness (QED) is 0.180. The van der Waals surface area contributed by atoms with Crippen molar-refractivity contribution in [2.75, 3.05) is 76.9 Å². The number of anilines is 6. The Hall–Kier alpha value is -6.18. The standard InChI is InChI=1S/C44H48F2N8O4/c1-26-10-12-35(45)33-22-37(49-41(26)33)43(57)47-29-6-4-8-31(20-29)51-15-14-39(55)53(17-16-51)24-28(3)54-19-18-52(25-40(54)56)32-9-5-7-30(21-32)48-44(58)38-23-34-36(46)13-11-27(2)42(34)50-38/h4-13,20-21,28,37-38,49-50H,14-19,22-25H2,1-3H3,(H,47,57)(H,48,58).